The second kappa shape index (κ2) is 4.76. The number of benzene rings is 1. The van der Waals surface area contributed by atoms with Crippen molar-refractivity contribution in [2.75, 3.05) is 6.54 Å². The van der Waals surface area contributed by atoms with Gasteiger partial charge >= 0.3 is 0 Å². The van der Waals surface area contributed by atoms with Gasteiger partial charge in [0.25, 0.3) is 0 Å². The molecule has 94 valence electrons. The summed E-state index contributed by atoms with van der Waals surface area (Å²) in [6, 6.07) is 13.2. The third-order valence-corrected chi connectivity index (χ3v) is 3.16. The van der Waals surface area contributed by atoms with E-state index in [0.29, 0.717) is 12.2 Å². The molecule has 0 aliphatic carbocycles. The first-order valence-electron chi connectivity index (χ1n) is 6.18. The van der Waals surface area contributed by atoms with Crippen molar-refractivity contribution in [3.05, 3.63) is 71.3 Å². The zero-order chi connectivity index (χ0) is 13.2. The van der Waals surface area contributed by atoms with Crippen molar-refractivity contribution in [3.63, 3.8) is 0 Å². The van der Waals surface area contributed by atoms with Crippen LogP contribution in [0.5, 0.6) is 0 Å². The molecule has 1 aliphatic heterocycles. The Morgan fingerprint density at radius 1 is 1.05 bits per heavy atom. The van der Waals surface area contributed by atoms with E-state index < -0.39 is 0 Å². The minimum absolute atomic E-state index is 0.283. The molecule has 2 nitrogen and oxygen atoms in total. The zero-order valence-electron chi connectivity index (χ0n) is 10.6. The van der Waals surface area contributed by atoms with Crippen LogP contribution in [0.15, 0.2) is 53.5 Å². The lowest BCUT2D eigenvalue weighted by molar-refractivity contribution is 0.609. The van der Waals surface area contributed by atoms with Crippen LogP contribution >= 0.6 is 0 Å². The van der Waals surface area contributed by atoms with Crippen LogP contribution in [0.3, 0.4) is 0 Å². The summed E-state index contributed by atoms with van der Waals surface area (Å²) in [6.07, 6.45) is 2.02. The van der Waals surface area contributed by atoms with Crippen LogP contribution in [-0.2, 0) is 0 Å². The largest absolute Gasteiger partial charge is 0.278 e. The fraction of sp³-hybridized carbons (Fsp3) is 0.125. The minimum atomic E-state index is -0.283. The smallest absolute Gasteiger partial charge is 0.144 e. The number of hydrogen-bond donors (Lipinski definition) is 0. The number of pyridine rings is 1. The van der Waals surface area contributed by atoms with Gasteiger partial charge in [0.1, 0.15) is 5.82 Å². The van der Waals surface area contributed by atoms with Crippen LogP contribution in [0.1, 0.15) is 17.0 Å². The molecule has 0 N–H and O–H groups in total. The zero-order valence-corrected chi connectivity index (χ0v) is 10.6. The van der Waals surface area contributed by atoms with Crippen LogP contribution in [-0.4, -0.2) is 17.2 Å². The molecule has 1 aromatic heterocycles. The van der Waals surface area contributed by atoms with Gasteiger partial charge in [-0.25, -0.2) is 9.37 Å². The van der Waals surface area contributed by atoms with Crippen LogP contribution in [0, 0.1) is 12.7 Å². The van der Waals surface area contributed by atoms with E-state index in [1.807, 2.05) is 24.3 Å². The quantitative estimate of drug-likeness (QED) is 0.804. The van der Waals surface area contributed by atoms with Gasteiger partial charge in [-0.3, -0.25) is 4.99 Å². The molecular weight excluding hydrogens is 239 g/mol. The lowest BCUT2D eigenvalue weighted by atomic mass is 10.1. The van der Waals surface area contributed by atoms with Gasteiger partial charge < -0.3 is 0 Å². The second-order valence-corrected chi connectivity index (χ2v) is 4.50. The SMILES string of the molecule is Cc1nc(C2=NCC(c3ccccc3)=C2)ccc1F. The molecule has 0 atom stereocenters. The number of allylic oxidation sites excluding steroid dienone is 1. The second-order valence-electron chi connectivity index (χ2n) is 4.50. The summed E-state index contributed by atoms with van der Waals surface area (Å²) in [6.45, 7) is 2.31. The summed E-state index contributed by atoms with van der Waals surface area (Å²) >= 11 is 0. The lowest BCUT2D eigenvalue weighted by Gasteiger charge is -2.00. The van der Waals surface area contributed by atoms with Gasteiger partial charge in [-0.2, -0.15) is 0 Å². The average Bonchev–Trinajstić information content (AvgIpc) is 2.93. The number of aromatic nitrogens is 1. The first kappa shape index (κ1) is 11.8. The third kappa shape index (κ3) is 2.32. The highest BCUT2D eigenvalue weighted by Gasteiger charge is 2.13. The van der Waals surface area contributed by atoms with Gasteiger partial charge in [-0.05, 0) is 36.3 Å². The van der Waals surface area contributed by atoms with Crippen molar-refractivity contribution in [1.29, 1.82) is 0 Å². The van der Waals surface area contributed by atoms with Crippen molar-refractivity contribution >= 4 is 11.3 Å². The summed E-state index contributed by atoms with van der Waals surface area (Å²) in [7, 11) is 0. The fourth-order valence-corrected chi connectivity index (χ4v) is 2.10. The minimum Gasteiger partial charge on any atom is -0.278 e. The Hall–Kier alpha value is -2.29. The van der Waals surface area contributed by atoms with E-state index in [1.54, 1.807) is 13.0 Å². The number of aliphatic imine (C=N–C) groups is 1. The van der Waals surface area contributed by atoms with E-state index in [2.05, 4.69) is 22.1 Å². The Balaban J connectivity index is 1.92. The lowest BCUT2D eigenvalue weighted by Crippen LogP contribution is -2.01. The highest BCUT2D eigenvalue weighted by atomic mass is 19.1. The van der Waals surface area contributed by atoms with E-state index in [1.165, 1.54) is 17.2 Å². The van der Waals surface area contributed by atoms with Crippen LogP contribution in [0.2, 0.25) is 0 Å². The molecule has 0 amide bonds. The molecule has 19 heavy (non-hydrogen) atoms. The fourth-order valence-electron chi connectivity index (χ4n) is 2.10. The van der Waals surface area contributed by atoms with Crippen LogP contribution in [0.25, 0.3) is 5.57 Å². The highest BCUT2D eigenvalue weighted by molar-refractivity contribution is 6.13. The molecule has 0 fully saturated rings. The Morgan fingerprint density at radius 3 is 2.58 bits per heavy atom. The van der Waals surface area contributed by atoms with Crippen molar-refractivity contribution in [2.24, 2.45) is 4.99 Å². The summed E-state index contributed by atoms with van der Waals surface area (Å²) in [5, 5.41) is 0. The molecular formula is C16H13FN2. The van der Waals surface area contributed by atoms with Crippen LogP contribution < -0.4 is 0 Å². The molecule has 1 aliphatic rings. The monoisotopic (exact) mass is 252 g/mol. The summed E-state index contributed by atoms with van der Waals surface area (Å²) in [5.74, 6) is -0.283. The van der Waals surface area contributed by atoms with Crippen molar-refractivity contribution in [1.82, 2.24) is 4.98 Å². The third-order valence-electron chi connectivity index (χ3n) is 3.16. The van der Waals surface area contributed by atoms with E-state index in [-0.39, 0.29) is 5.82 Å². The van der Waals surface area contributed by atoms with Crippen LogP contribution in [0.4, 0.5) is 4.39 Å². The molecule has 0 bridgehead atoms. The van der Waals surface area contributed by atoms with Crippen molar-refractivity contribution in [2.45, 2.75) is 6.92 Å². The van der Waals surface area contributed by atoms with Gasteiger partial charge in [0, 0.05) is 0 Å². The molecule has 2 heterocycles. The molecule has 1 aromatic carbocycles. The van der Waals surface area contributed by atoms with Gasteiger partial charge in [0.05, 0.1) is 23.6 Å². The maximum Gasteiger partial charge on any atom is 0.144 e. The molecule has 2 aromatic rings. The number of hydrogen-bond acceptors (Lipinski definition) is 2. The summed E-state index contributed by atoms with van der Waals surface area (Å²) in [4.78, 5) is 8.71. The van der Waals surface area contributed by atoms with Gasteiger partial charge in [0.2, 0.25) is 0 Å². The molecule has 0 unspecified atom stereocenters. The Bertz CT molecular complexity index is 672. The number of halogens is 1. The Morgan fingerprint density at radius 2 is 1.84 bits per heavy atom. The maximum atomic E-state index is 13.2. The van der Waals surface area contributed by atoms with Crippen molar-refractivity contribution < 1.29 is 4.39 Å². The first-order valence-corrected chi connectivity index (χ1v) is 6.18. The van der Waals surface area contributed by atoms with Gasteiger partial charge in [0.15, 0.2) is 0 Å². The van der Waals surface area contributed by atoms with Crippen molar-refractivity contribution in [3.8, 4) is 0 Å². The summed E-state index contributed by atoms with van der Waals surface area (Å²) in [5.41, 5.74) is 4.29. The molecule has 0 saturated carbocycles. The highest BCUT2D eigenvalue weighted by Crippen LogP contribution is 2.21. The molecule has 3 heteroatoms. The first-order chi connectivity index (χ1) is 9.24. The molecule has 0 saturated heterocycles. The predicted octanol–water partition coefficient (Wildman–Crippen LogP) is 3.42. The standard InChI is InChI=1S/C16H13FN2/c1-11-14(17)7-8-15(19-11)16-9-13(10-18-16)12-5-3-2-4-6-12/h2-9H,10H2,1H3. The molecule has 3 rings (SSSR count). The van der Waals surface area contributed by atoms with E-state index in [9.17, 15) is 4.39 Å². The molecule has 0 radical (unpaired) electrons. The number of nitrogens with zero attached hydrogens (tertiary/aromatic N) is 2. The Labute approximate surface area is 111 Å². The summed E-state index contributed by atoms with van der Waals surface area (Å²) < 4.78 is 13.2. The number of aryl methyl sites for hydroxylation is 1. The normalized spacial score (nSPS) is 14.2. The van der Waals surface area contributed by atoms with E-state index >= 15 is 0 Å². The molecule has 0 spiro atoms. The predicted molar refractivity (Wildman–Crippen MR) is 74.8 cm³/mol. The average molecular weight is 252 g/mol. The van der Waals surface area contributed by atoms with E-state index in [0.717, 1.165) is 11.4 Å². The topological polar surface area (TPSA) is 25.2 Å². The number of rotatable bonds is 2. The van der Waals surface area contributed by atoms with Gasteiger partial charge in [-0.1, -0.05) is 30.3 Å². The Kier molecular flexibility index (Phi) is 2.95. The van der Waals surface area contributed by atoms with E-state index in [4.69, 9.17) is 0 Å². The van der Waals surface area contributed by atoms with Gasteiger partial charge in [-0.15, -0.1) is 0 Å². The maximum absolute atomic E-state index is 13.2.